The highest BCUT2D eigenvalue weighted by Gasteiger charge is 2.26. The molecule has 1 fully saturated rings. The van der Waals surface area contributed by atoms with Crippen molar-refractivity contribution in [3.63, 3.8) is 0 Å². The third kappa shape index (κ3) is 6.71. The molecule has 0 spiro atoms. The summed E-state index contributed by atoms with van der Waals surface area (Å²) in [5, 5.41) is 4.93. The fraction of sp³-hybridized carbons (Fsp3) is 0.529. The predicted molar refractivity (Wildman–Crippen MR) is 105 cm³/mol. The lowest BCUT2D eigenvalue weighted by atomic mass is 10.2. The Labute approximate surface area is 164 Å². The van der Waals surface area contributed by atoms with Crippen molar-refractivity contribution < 1.29 is 22.7 Å². The van der Waals surface area contributed by atoms with Gasteiger partial charge in [0, 0.05) is 30.3 Å². The highest BCUT2D eigenvalue weighted by molar-refractivity contribution is 7.99. The van der Waals surface area contributed by atoms with Gasteiger partial charge in [0.2, 0.25) is 15.9 Å². The van der Waals surface area contributed by atoms with E-state index in [1.54, 1.807) is 44.7 Å². The van der Waals surface area contributed by atoms with Gasteiger partial charge in [-0.2, -0.15) is 16.1 Å². The maximum absolute atomic E-state index is 12.7. The molecule has 0 radical (unpaired) electrons. The maximum atomic E-state index is 12.7. The van der Waals surface area contributed by atoms with Crippen molar-refractivity contribution in [2.45, 2.75) is 31.3 Å². The zero-order valence-electron chi connectivity index (χ0n) is 15.6. The number of carbonyl (C=O) groups is 2. The Balaban J connectivity index is 1.97. The van der Waals surface area contributed by atoms with Gasteiger partial charge in [0.15, 0.2) is 0 Å². The molecule has 10 heteroatoms. The molecule has 1 aromatic rings. The molecular formula is C17H25N3O5S2. The van der Waals surface area contributed by atoms with Crippen LogP contribution in [0.3, 0.4) is 0 Å². The second-order valence-electron chi connectivity index (χ2n) is 6.95. The van der Waals surface area contributed by atoms with Crippen LogP contribution in [-0.2, 0) is 19.6 Å². The molecule has 1 heterocycles. The van der Waals surface area contributed by atoms with Crippen molar-refractivity contribution in [3.05, 3.63) is 24.3 Å². The summed E-state index contributed by atoms with van der Waals surface area (Å²) in [5.41, 5.74) is -0.311. The Morgan fingerprint density at radius 1 is 1.22 bits per heavy atom. The van der Waals surface area contributed by atoms with Crippen LogP contribution in [0.1, 0.15) is 20.8 Å². The molecule has 2 rings (SSSR count). The van der Waals surface area contributed by atoms with E-state index in [2.05, 4.69) is 10.6 Å². The molecule has 0 aromatic heterocycles. The summed E-state index contributed by atoms with van der Waals surface area (Å²) >= 11 is 1.72. The smallest absolute Gasteiger partial charge is 0.408 e. The first-order valence-corrected chi connectivity index (χ1v) is 11.1. The number of rotatable bonds is 5. The monoisotopic (exact) mass is 415 g/mol. The number of nitrogens with one attached hydrogen (secondary N) is 2. The van der Waals surface area contributed by atoms with Crippen LogP contribution in [0.15, 0.2) is 29.2 Å². The lowest BCUT2D eigenvalue weighted by Crippen LogP contribution is -2.38. The summed E-state index contributed by atoms with van der Waals surface area (Å²) in [7, 11) is -3.59. The first kappa shape index (κ1) is 21.5. The molecule has 2 amide bonds. The quantitative estimate of drug-likeness (QED) is 0.761. The fourth-order valence-corrected chi connectivity index (χ4v) is 4.96. The minimum atomic E-state index is -3.59. The highest BCUT2D eigenvalue weighted by atomic mass is 32.2. The third-order valence-electron chi connectivity index (χ3n) is 3.52. The minimum absolute atomic E-state index is 0.132. The van der Waals surface area contributed by atoms with Crippen LogP contribution in [0.2, 0.25) is 0 Å². The molecule has 0 atom stereocenters. The zero-order chi connectivity index (χ0) is 20.1. The van der Waals surface area contributed by atoms with E-state index in [9.17, 15) is 18.0 Å². The summed E-state index contributed by atoms with van der Waals surface area (Å²) in [6.45, 7) is 5.83. The fourth-order valence-electron chi connectivity index (χ4n) is 2.34. The van der Waals surface area contributed by atoms with Crippen molar-refractivity contribution in [1.82, 2.24) is 9.62 Å². The lowest BCUT2D eigenvalue weighted by Gasteiger charge is -2.25. The molecular weight excluding hydrogens is 390 g/mol. The molecule has 8 nitrogen and oxygen atoms in total. The largest absolute Gasteiger partial charge is 0.444 e. The number of sulfonamides is 1. The Morgan fingerprint density at radius 3 is 2.52 bits per heavy atom. The van der Waals surface area contributed by atoms with Crippen molar-refractivity contribution in [2.75, 3.05) is 36.5 Å². The van der Waals surface area contributed by atoms with Gasteiger partial charge in [0.05, 0.1) is 4.90 Å². The van der Waals surface area contributed by atoms with Crippen LogP contribution in [0.5, 0.6) is 0 Å². The van der Waals surface area contributed by atoms with Crippen LogP contribution < -0.4 is 10.6 Å². The number of benzene rings is 1. The minimum Gasteiger partial charge on any atom is -0.444 e. The van der Waals surface area contributed by atoms with E-state index in [1.165, 1.54) is 16.4 Å². The molecule has 1 aliphatic rings. The van der Waals surface area contributed by atoms with E-state index < -0.39 is 27.6 Å². The molecule has 1 saturated heterocycles. The number of carbonyl (C=O) groups excluding carboxylic acids is 2. The van der Waals surface area contributed by atoms with Gasteiger partial charge in [-0.15, -0.1) is 0 Å². The van der Waals surface area contributed by atoms with E-state index in [4.69, 9.17) is 4.74 Å². The van der Waals surface area contributed by atoms with Crippen molar-refractivity contribution in [2.24, 2.45) is 0 Å². The molecule has 150 valence electrons. The Kier molecular flexibility index (Phi) is 7.12. The normalized spacial score (nSPS) is 15.8. The number of thioether (sulfide) groups is 1. The van der Waals surface area contributed by atoms with Crippen molar-refractivity contribution in [3.8, 4) is 0 Å². The third-order valence-corrected chi connectivity index (χ3v) is 6.35. The van der Waals surface area contributed by atoms with Crippen LogP contribution in [-0.4, -0.2) is 61.5 Å². The Hall–Kier alpha value is -1.78. The van der Waals surface area contributed by atoms with Gasteiger partial charge in [-0.05, 0) is 39.0 Å². The Bertz CT molecular complexity index is 784. The van der Waals surface area contributed by atoms with Crippen molar-refractivity contribution >= 4 is 39.5 Å². The van der Waals surface area contributed by atoms with Crippen LogP contribution in [0, 0.1) is 0 Å². The Morgan fingerprint density at radius 2 is 1.89 bits per heavy atom. The van der Waals surface area contributed by atoms with Crippen molar-refractivity contribution in [1.29, 1.82) is 0 Å². The van der Waals surface area contributed by atoms with Gasteiger partial charge in [0.1, 0.15) is 12.1 Å². The first-order chi connectivity index (χ1) is 12.6. The molecule has 2 N–H and O–H groups in total. The number of ether oxygens (including phenoxy) is 1. The average Bonchev–Trinajstić information content (AvgIpc) is 2.59. The van der Waals surface area contributed by atoms with E-state index >= 15 is 0 Å². The standard InChI is InChI=1S/C17H25N3O5S2/c1-17(2,3)25-16(22)18-12-15(21)19-13-5-4-6-14(11-13)27(23,24)20-7-9-26-10-8-20/h4-6,11H,7-10,12H2,1-3H3,(H,18,22)(H,19,21). The second kappa shape index (κ2) is 8.94. The second-order valence-corrected chi connectivity index (χ2v) is 10.1. The summed E-state index contributed by atoms with van der Waals surface area (Å²) in [6, 6.07) is 6.09. The van der Waals surface area contributed by atoms with Gasteiger partial charge >= 0.3 is 6.09 Å². The average molecular weight is 416 g/mol. The first-order valence-electron chi connectivity index (χ1n) is 8.52. The molecule has 0 bridgehead atoms. The molecule has 0 aliphatic carbocycles. The number of alkyl carbamates (subject to hydrolysis) is 1. The summed E-state index contributed by atoms with van der Waals surface area (Å²) in [6.07, 6.45) is -0.697. The molecule has 1 aromatic carbocycles. The zero-order valence-corrected chi connectivity index (χ0v) is 17.3. The van der Waals surface area contributed by atoms with E-state index in [0.29, 0.717) is 18.8 Å². The van der Waals surface area contributed by atoms with E-state index in [0.717, 1.165) is 11.5 Å². The van der Waals surface area contributed by atoms with Crippen LogP contribution >= 0.6 is 11.8 Å². The van der Waals surface area contributed by atoms with Crippen LogP contribution in [0.25, 0.3) is 0 Å². The van der Waals surface area contributed by atoms with E-state index in [-0.39, 0.29) is 11.4 Å². The molecule has 0 saturated carbocycles. The number of anilines is 1. The summed E-state index contributed by atoms with van der Waals surface area (Å²) in [4.78, 5) is 23.7. The SMILES string of the molecule is CC(C)(C)OC(=O)NCC(=O)Nc1cccc(S(=O)(=O)N2CCSCC2)c1. The summed E-state index contributed by atoms with van der Waals surface area (Å²) in [5.74, 6) is 1.06. The van der Waals surface area contributed by atoms with Gasteiger partial charge in [-0.1, -0.05) is 6.07 Å². The topological polar surface area (TPSA) is 105 Å². The molecule has 0 unspecified atom stereocenters. The van der Waals surface area contributed by atoms with Gasteiger partial charge in [-0.3, -0.25) is 4.79 Å². The number of nitrogens with zero attached hydrogens (tertiary/aromatic N) is 1. The van der Waals surface area contributed by atoms with Gasteiger partial charge in [0.25, 0.3) is 0 Å². The highest BCUT2D eigenvalue weighted by Crippen LogP contribution is 2.22. The predicted octanol–water partition coefficient (Wildman–Crippen LogP) is 1.89. The number of hydrogen-bond acceptors (Lipinski definition) is 6. The van der Waals surface area contributed by atoms with Gasteiger partial charge in [-0.25, -0.2) is 13.2 Å². The number of amides is 2. The van der Waals surface area contributed by atoms with Gasteiger partial charge < -0.3 is 15.4 Å². The molecule has 27 heavy (non-hydrogen) atoms. The molecule has 1 aliphatic heterocycles. The van der Waals surface area contributed by atoms with Crippen LogP contribution in [0.4, 0.5) is 10.5 Å². The maximum Gasteiger partial charge on any atom is 0.408 e. The number of hydrogen-bond donors (Lipinski definition) is 2. The van der Waals surface area contributed by atoms with E-state index in [1.807, 2.05) is 0 Å². The lowest BCUT2D eigenvalue weighted by molar-refractivity contribution is -0.115. The summed E-state index contributed by atoms with van der Waals surface area (Å²) < 4.78 is 31.9.